The van der Waals surface area contributed by atoms with Gasteiger partial charge >= 0.3 is 0 Å². The fraction of sp³-hybridized carbons (Fsp3) is 0.588. The number of fused-ring (bicyclic) bond motifs is 1. The fourth-order valence-corrected chi connectivity index (χ4v) is 4.03. The van der Waals surface area contributed by atoms with Crippen LogP contribution < -0.4 is 4.74 Å². The first-order valence-electron chi connectivity index (χ1n) is 7.75. The Kier molecular flexibility index (Phi) is 3.66. The van der Waals surface area contributed by atoms with Crippen LogP contribution in [0.4, 0.5) is 0 Å². The number of carbonyl (C=O) groups excluding carboxylic acids is 1. The van der Waals surface area contributed by atoms with E-state index in [0.717, 1.165) is 24.9 Å². The first-order valence-corrected chi connectivity index (χ1v) is 7.75. The lowest BCUT2D eigenvalue weighted by molar-refractivity contribution is -0.122. The highest BCUT2D eigenvalue weighted by molar-refractivity contribution is 5.81. The number of likely N-dealkylation sites (tertiary alicyclic amines) is 1. The van der Waals surface area contributed by atoms with Crippen LogP contribution in [0.25, 0.3) is 0 Å². The highest BCUT2D eigenvalue weighted by Crippen LogP contribution is 2.48. The Labute approximate surface area is 125 Å². The molecule has 21 heavy (non-hydrogen) atoms. The highest BCUT2D eigenvalue weighted by Gasteiger charge is 2.50. The summed E-state index contributed by atoms with van der Waals surface area (Å²) in [5, 5.41) is 10.2. The molecule has 2 fully saturated rings. The molecule has 1 saturated heterocycles. The van der Waals surface area contributed by atoms with Gasteiger partial charge in [-0.1, -0.05) is 6.07 Å². The summed E-state index contributed by atoms with van der Waals surface area (Å²) in [7, 11) is 2.10. The number of likely N-dealkylation sites (N-methyl/N-ethyl adjacent to an activating group) is 1. The van der Waals surface area contributed by atoms with Gasteiger partial charge in [0.05, 0.1) is 6.61 Å². The number of ether oxygens (including phenoxy) is 1. The zero-order chi connectivity index (χ0) is 15.0. The molecule has 0 amide bonds. The number of ketones is 1. The van der Waals surface area contributed by atoms with Gasteiger partial charge in [0.1, 0.15) is 5.78 Å². The molecule has 1 aliphatic heterocycles. The van der Waals surface area contributed by atoms with Crippen molar-refractivity contribution in [1.82, 2.24) is 4.90 Å². The molecule has 114 valence electrons. The molecule has 1 aromatic rings. The molecule has 1 N–H and O–H groups in total. The predicted octanol–water partition coefficient (Wildman–Crippen LogP) is 2.49. The molecule has 1 aromatic carbocycles. The SMILES string of the molecule is CCOc1ccc([C@@]23CCC(=O)C[C@@H]2N(C)CC3)cc1O. The molecule has 4 nitrogen and oxygen atoms in total. The average molecular weight is 289 g/mol. The quantitative estimate of drug-likeness (QED) is 0.929. The Hall–Kier alpha value is -1.55. The summed E-state index contributed by atoms with van der Waals surface area (Å²) < 4.78 is 5.41. The van der Waals surface area contributed by atoms with Crippen molar-refractivity contribution in [3.63, 3.8) is 0 Å². The van der Waals surface area contributed by atoms with Crippen LogP contribution in [0.5, 0.6) is 11.5 Å². The number of rotatable bonds is 3. The lowest BCUT2D eigenvalue weighted by Gasteiger charge is -2.41. The lowest BCUT2D eigenvalue weighted by Crippen LogP contribution is -2.46. The minimum Gasteiger partial charge on any atom is -0.504 e. The summed E-state index contributed by atoms with van der Waals surface area (Å²) >= 11 is 0. The van der Waals surface area contributed by atoms with Crippen molar-refractivity contribution in [2.75, 3.05) is 20.2 Å². The van der Waals surface area contributed by atoms with Crippen molar-refractivity contribution < 1.29 is 14.6 Å². The summed E-state index contributed by atoms with van der Waals surface area (Å²) in [6.45, 7) is 3.45. The van der Waals surface area contributed by atoms with E-state index < -0.39 is 0 Å². The average Bonchev–Trinajstić information content (AvgIpc) is 2.80. The topological polar surface area (TPSA) is 49.8 Å². The van der Waals surface area contributed by atoms with Gasteiger partial charge in [-0.3, -0.25) is 4.79 Å². The zero-order valence-electron chi connectivity index (χ0n) is 12.8. The van der Waals surface area contributed by atoms with Crippen LogP contribution in [0, 0.1) is 0 Å². The summed E-state index contributed by atoms with van der Waals surface area (Å²) in [5.41, 5.74) is 1.15. The molecule has 2 aliphatic rings. The highest BCUT2D eigenvalue weighted by atomic mass is 16.5. The lowest BCUT2D eigenvalue weighted by atomic mass is 9.66. The smallest absolute Gasteiger partial charge is 0.160 e. The largest absolute Gasteiger partial charge is 0.504 e. The van der Waals surface area contributed by atoms with Gasteiger partial charge in [-0.2, -0.15) is 0 Å². The molecule has 0 spiro atoms. The van der Waals surface area contributed by atoms with Crippen LogP contribution in [0.15, 0.2) is 18.2 Å². The third-order valence-electron chi connectivity index (χ3n) is 5.19. The van der Waals surface area contributed by atoms with Gasteiger partial charge in [0.15, 0.2) is 11.5 Å². The molecule has 0 aromatic heterocycles. The number of hydrogen-bond acceptors (Lipinski definition) is 4. The van der Waals surface area contributed by atoms with Crippen molar-refractivity contribution in [2.24, 2.45) is 0 Å². The molecular formula is C17H23NO3. The van der Waals surface area contributed by atoms with Crippen LogP contribution in [0.3, 0.4) is 0 Å². The van der Waals surface area contributed by atoms with Crippen LogP contribution in [0.1, 0.15) is 38.2 Å². The minimum absolute atomic E-state index is 0.00485. The Balaban J connectivity index is 1.97. The third-order valence-corrected chi connectivity index (χ3v) is 5.19. The first kappa shape index (κ1) is 14.4. The van der Waals surface area contributed by atoms with Gasteiger partial charge in [0.2, 0.25) is 0 Å². The van der Waals surface area contributed by atoms with Gasteiger partial charge in [-0.05, 0) is 51.1 Å². The second-order valence-corrected chi connectivity index (χ2v) is 6.26. The number of nitrogens with zero attached hydrogens (tertiary/aromatic N) is 1. The summed E-state index contributed by atoms with van der Waals surface area (Å²) in [5.74, 6) is 1.10. The maximum atomic E-state index is 11.8. The van der Waals surface area contributed by atoms with E-state index in [1.165, 1.54) is 0 Å². The van der Waals surface area contributed by atoms with E-state index in [2.05, 4.69) is 18.0 Å². The first-order chi connectivity index (χ1) is 10.1. The van der Waals surface area contributed by atoms with E-state index in [1.807, 2.05) is 19.1 Å². The van der Waals surface area contributed by atoms with Crippen LogP contribution in [0.2, 0.25) is 0 Å². The number of phenols is 1. The Morgan fingerprint density at radius 3 is 2.95 bits per heavy atom. The molecule has 1 heterocycles. The molecular weight excluding hydrogens is 266 g/mol. The van der Waals surface area contributed by atoms with E-state index in [1.54, 1.807) is 0 Å². The molecule has 0 unspecified atom stereocenters. The van der Waals surface area contributed by atoms with Crippen molar-refractivity contribution >= 4 is 5.78 Å². The summed E-state index contributed by atoms with van der Waals surface area (Å²) in [6, 6.07) is 6.02. The van der Waals surface area contributed by atoms with Crippen molar-refractivity contribution in [1.29, 1.82) is 0 Å². The van der Waals surface area contributed by atoms with Crippen molar-refractivity contribution in [2.45, 2.75) is 44.1 Å². The second-order valence-electron chi connectivity index (χ2n) is 6.26. The van der Waals surface area contributed by atoms with E-state index in [9.17, 15) is 9.90 Å². The third kappa shape index (κ3) is 2.31. The van der Waals surface area contributed by atoms with Gasteiger partial charge in [0.25, 0.3) is 0 Å². The van der Waals surface area contributed by atoms with E-state index in [4.69, 9.17) is 4.74 Å². The molecule has 0 radical (unpaired) electrons. The number of Topliss-reactive ketones (excluding diaryl/α,β-unsaturated/α-hetero) is 1. The molecule has 0 bridgehead atoms. The van der Waals surface area contributed by atoms with Gasteiger partial charge in [0, 0.05) is 24.3 Å². The molecule has 1 saturated carbocycles. The van der Waals surface area contributed by atoms with Gasteiger partial charge in [-0.25, -0.2) is 0 Å². The van der Waals surface area contributed by atoms with Gasteiger partial charge in [-0.15, -0.1) is 0 Å². The van der Waals surface area contributed by atoms with E-state index in [0.29, 0.717) is 31.0 Å². The number of benzene rings is 1. The monoisotopic (exact) mass is 289 g/mol. The minimum atomic E-state index is 0.00485. The Morgan fingerprint density at radius 1 is 1.43 bits per heavy atom. The molecule has 1 aliphatic carbocycles. The normalized spacial score (nSPS) is 29.4. The van der Waals surface area contributed by atoms with Crippen LogP contribution >= 0.6 is 0 Å². The van der Waals surface area contributed by atoms with E-state index in [-0.39, 0.29) is 17.2 Å². The zero-order valence-corrected chi connectivity index (χ0v) is 12.8. The molecule has 2 atom stereocenters. The van der Waals surface area contributed by atoms with Crippen LogP contribution in [-0.4, -0.2) is 42.0 Å². The molecule has 3 rings (SSSR count). The van der Waals surface area contributed by atoms with Gasteiger partial charge < -0.3 is 14.7 Å². The maximum absolute atomic E-state index is 11.8. The molecule has 4 heteroatoms. The number of hydrogen-bond donors (Lipinski definition) is 1. The number of carbonyl (C=O) groups is 1. The number of aromatic hydroxyl groups is 1. The number of phenolic OH excluding ortho intramolecular Hbond substituents is 1. The van der Waals surface area contributed by atoms with E-state index >= 15 is 0 Å². The Bertz CT molecular complexity index is 557. The predicted molar refractivity (Wildman–Crippen MR) is 80.8 cm³/mol. The maximum Gasteiger partial charge on any atom is 0.160 e. The summed E-state index contributed by atoms with van der Waals surface area (Å²) in [6.07, 6.45) is 3.21. The fourth-order valence-electron chi connectivity index (χ4n) is 4.03. The standard InChI is InChI=1S/C17H23NO3/c1-3-21-15-5-4-12(10-14(15)20)17-7-6-13(19)11-16(17)18(2)9-8-17/h4-5,10,16,20H,3,6-9,11H2,1-2H3/t16-,17-/m0/s1. The Morgan fingerprint density at radius 2 is 2.24 bits per heavy atom. The van der Waals surface area contributed by atoms with Crippen molar-refractivity contribution in [3.8, 4) is 11.5 Å². The van der Waals surface area contributed by atoms with Crippen molar-refractivity contribution in [3.05, 3.63) is 23.8 Å². The summed E-state index contributed by atoms with van der Waals surface area (Å²) in [4.78, 5) is 14.1. The van der Waals surface area contributed by atoms with Crippen LogP contribution in [-0.2, 0) is 10.2 Å². The second kappa shape index (κ2) is 5.34.